The molecule has 32 valence electrons. The second kappa shape index (κ2) is 1.50. The second-order valence-electron chi connectivity index (χ2n) is 0.909. The SMILES string of the molecule is C=C([CH2+])C(=O)O. The number of hydrogen-bond acceptors (Lipinski definition) is 1. The number of carboxylic acids is 1. The van der Waals surface area contributed by atoms with Crippen molar-refractivity contribution in [3.63, 3.8) is 0 Å². The molecule has 0 saturated carbocycles. The van der Waals surface area contributed by atoms with Crippen LogP contribution in [0, 0.1) is 6.92 Å². The van der Waals surface area contributed by atoms with Crippen LogP contribution in [0.2, 0.25) is 0 Å². The number of carbonyl (C=O) groups is 1. The van der Waals surface area contributed by atoms with E-state index in [4.69, 9.17) is 5.11 Å². The van der Waals surface area contributed by atoms with Gasteiger partial charge in [-0.25, -0.2) is 0 Å². The minimum Gasteiger partial charge on any atom is -0.417 e. The Kier molecular flexibility index (Phi) is 1.27. The largest absolute Gasteiger partial charge is 0.446 e. The highest BCUT2D eigenvalue weighted by molar-refractivity contribution is 5.86. The molecule has 0 aromatic rings. The lowest BCUT2D eigenvalue weighted by atomic mass is 10.4. The Morgan fingerprint density at radius 2 is 2.00 bits per heavy atom. The van der Waals surface area contributed by atoms with Gasteiger partial charge in [0.15, 0.2) is 0 Å². The molecule has 0 aliphatic heterocycles. The molecule has 0 amide bonds. The number of aliphatic carboxylic acids is 1. The fourth-order valence-corrected chi connectivity index (χ4v) is 0. The molecule has 2 heteroatoms. The molecule has 0 fully saturated rings. The smallest absolute Gasteiger partial charge is 0.417 e. The Bertz CT molecular complexity index is 71.5. The van der Waals surface area contributed by atoms with Gasteiger partial charge >= 0.3 is 5.97 Å². The summed E-state index contributed by atoms with van der Waals surface area (Å²) in [6.45, 7) is 6.09. The summed E-state index contributed by atoms with van der Waals surface area (Å²) in [5.74, 6) is -1.05. The standard InChI is InChI=1S/C4H4O2/c1-3(2)4(5)6/h1-2H2/p+1. The average molecular weight is 85.1 g/mol. The van der Waals surface area contributed by atoms with Crippen molar-refractivity contribution < 1.29 is 9.90 Å². The molecule has 0 bridgehead atoms. The molecule has 0 unspecified atom stereocenters. The van der Waals surface area contributed by atoms with E-state index in [1.54, 1.807) is 0 Å². The van der Waals surface area contributed by atoms with E-state index in [0.717, 1.165) is 0 Å². The topological polar surface area (TPSA) is 37.3 Å². The molecule has 0 radical (unpaired) electrons. The Balaban J connectivity index is 3.57. The van der Waals surface area contributed by atoms with Crippen molar-refractivity contribution in [1.29, 1.82) is 0 Å². The Labute approximate surface area is 36.1 Å². The first-order valence-corrected chi connectivity index (χ1v) is 1.38. The van der Waals surface area contributed by atoms with Crippen LogP contribution in [0.15, 0.2) is 12.2 Å². The molecule has 0 rings (SSSR count). The first-order valence-electron chi connectivity index (χ1n) is 1.38. The van der Waals surface area contributed by atoms with Crippen molar-refractivity contribution in [2.24, 2.45) is 0 Å². The zero-order chi connectivity index (χ0) is 5.15. The highest BCUT2D eigenvalue weighted by Crippen LogP contribution is 1.80. The summed E-state index contributed by atoms with van der Waals surface area (Å²) in [5.41, 5.74) is -0.0741. The van der Waals surface area contributed by atoms with Gasteiger partial charge in [-0.05, 0) is 0 Å². The number of rotatable bonds is 1. The van der Waals surface area contributed by atoms with Gasteiger partial charge in [-0.1, -0.05) is 0 Å². The fourth-order valence-electron chi connectivity index (χ4n) is 0. The monoisotopic (exact) mass is 85.0 g/mol. The molecule has 6 heavy (non-hydrogen) atoms. The van der Waals surface area contributed by atoms with Gasteiger partial charge in [0, 0.05) is 13.5 Å². The van der Waals surface area contributed by atoms with Crippen molar-refractivity contribution in [2.75, 3.05) is 0 Å². The van der Waals surface area contributed by atoms with Gasteiger partial charge in [0.2, 0.25) is 5.57 Å². The molecular weight excluding hydrogens is 80.0 g/mol. The fraction of sp³-hybridized carbons (Fsp3) is 0. The predicted octanol–water partition coefficient (Wildman–Crippen LogP) is 0.461. The van der Waals surface area contributed by atoms with Gasteiger partial charge < -0.3 is 5.11 Å². The van der Waals surface area contributed by atoms with Crippen LogP contribution in [0.1, 0.15) is 0 Å². The lowest BCUT2D eigenvalue weighted by Gasteiger charge is -1.68. The third kappa shape index (κ3) is 1.40. The molecule has 0 heterocycles. The minimum absolute atomic E-state index is 0.0741. The first-order chi connectivity index (χ1) is 2.64. The van der Waals surface area contributed by atoms with Gasteiger partial charge in [0.25, 0.3) is 0 Å². The third-order valence-electron chi connectivity index (χ3n) is 0.302. The average Bonchev–Trinajstić information content (AvgIpc) is 1.36. The van der Waals surface area contributed by atoms with E-state index in [9.17, 15) is 4.79 Å². The Morgan fingerprint density at radius 3 is 2.00 bits per heavy atom. The molecule has 0 aliphatic rings. The zero-order valence-electron chi connectivity index (χ0n) is 3.27. The summed E-state index contributed by atoms with van der Waals surface area (Å²) >= 11 is 0. The van der Waals surface area contributed by atoms with E-state index in [2.05, 4.69) is 13.5 Å². The molecule has 0 saturated heterocycles. The normalized spacial score (nSPS) is 7.33. The number of carboxylic acid groups (broad SMARTS) is 1. The summed E-state index contributed by atoms with van der Waals surface area (Å²) in [4.78, 5) is 9.54. The van der Waals surface area contributed by atoms with Crippen LogP contribution < -0.4 is 0 Å². The first kappa shape index (κ1) is 5.08. The van der Waals surface area contributed by atoms with Crippen LogP contribution in [0.5, 0.6) is 0 Å². The summed E-state index contributed by atoms with van der Waals surface area (Å²) < 4.78 is 0. The highest BCUT2D eigenvalue weighted by Gasteiger charge is 2.02. The molecule has 2 nitrogen and oxygen atoms in total. The van der Waals surface area contributed by atoms with E-state index >= 15 is 0 Å². The van der Waals surface area contributed by atoms with Crippen LogP contribution in [-0.4, -0.2) is 11.1 Å². The number of hydrogen-bond donors (Lipinski definition) is 1. The van der Waals surface area contributed by atoms with Gasteiger partial charge in [-0.2, -0.15) is 4.79 Å². The lowest BCUT2D eigenvalue weighted by Crippen LogP contribution is -1.92. The Hall–Kier alpha value is -0.920. The van der Waals surface area contributed by atoms with Crippen LogP contribution in [0.4, 0.5) is 0 Å². The molecule has 0 atom stereocenters. The second-order valence-corrected chi connectivity index (χ2v) is 0.909. The predicted molar refractivity (Wildman–Crippen MR) is 22.1 cm³/mol. The third-order valence-corrected chi connectivity index (χ3v) is 0.302. The van der Waals surface area contributed by atoms with Crippen molar-refractivity contribution in [3.05, 3.63) is 19.1 Å². The molecule has 0 aromatic carbocycles. The van der Waals surface area contributed by atoms with Crippen molar-refractivity contribution >= 4 is 5.97 Å². The maximum Gasteiger partial charge on any atom is 0.446 e. The van der Waals surface area contributed by atoms with Gasteiger partial charge in [-0.15, -0.1) is 0 Å². The van der Waals surface area contributed by atoms with Crippen molar-refractivity contribution in [1.82, 2.24) is 0 Å². The van der Waals surface area contributed by atoms with Crippen LogP contribution >= 0.6 is 0 Å². The molecular formula is C4H5O2+. The maximum absolute atomic E-state index is 9.54. The Morgan fingerprint density at radius 1 is 1.83 bits per heavy atom. The summed E-state index contributed by atoms with van der Waals surface area (Å²) in [6.07, 6.45) is 0. The summed E-state index contributed by atoms with van der Waals surface area (Å²) in [7, 11) is 0. The van der Waals surface area contributed by atoms with E-state index < -0.39 is 5.97 Å². The summed E-state index contributed by atoms with van der Waals surface area (Å²) in [5, 5.41) is 7.83. The van der Waals surface area contributed by atoms with Crippen LogP contribution in [-0.2, 0) is 4.79 Å². The van der Waals surface area contributed by atoms with E-state index in [-0.39, 0.29) is 5.57 Å². The highest BCUT2D eigenvalue weighted by atomic mass is 16.4. The van der Waals surface area contributed by atoms with E-state index in [0.29, 0.717) is 0 Å². The van der Waals surface area contributed by atoms with E-state index in [1.807, 2.05) is 0 Å². The molecule has 0 aromatic heterocycles. The van der Waals surface area contributed by atoms with Gasteiger partial charge in [-0.3, -0.25) is 0 Å². The lowest BCUT2D eigenvalue weighted by molar-refractivity contribution is -0.132. The minimum atomic E-state index is -1.05. The van der Waals surface area contributed by atoms with Crippen molar-refractivity contribution in [3.8, 4) is 0 Å². The van der Waals surface area contributed by atoms with Gasteiger partial charge in [0.05, 0.1) is 0 Å². The molecule has 0 aliphatic carbocycles. The molecule has 0 spiro atoms. The van der Waals surface area contributed by atoms with E-state index in [1.165, 1.54) is 0 Å². The van der Waals surface area contributed by atoms with Crippen molar-refractivity contribution in [2.45, 2.75) is 0 Å². The molecule has 1 N–H and O–H groups in total. The quantitative estimate of drug-likeness (QED) is 0.371. The van der Waals surface area contributed by atoms with Gasteiger partial charge in [0.1, 0.15) is 0 Å². The van der Waals surface area contributed by atoms with Crippen LogP contribution in [0.3, 0.4) is 0 Å². The summed E-state index contributed by atoms with van der Waals surface area (Å²) in [6, 6.07) is 0. The van der Waals surface area contributed by atoms with Crippen LogP contribution in [0.25, 0.3) is 0 Å². The zero-order valence-corrected chi connectivity index (χ0v) is 3.27. The maximum atomic E-state index is 9.54.